The molecule has 2 aromatic carbocycles. The molecule has 29 heavy (non-hydrogen) atoms. The van der Waals surface area contributed by atoms with E-state index in [1.165, 1.54) is 7.11 Å². The van der Waals surface area contributed by atoms with Gasteiger partial charge in [-0.25, -0.2) is 0 Å². The third-order valence-electron chi connectivity index (χ3n) is 4.81. The van der Waals surface area contributed by atoms with Gasteiger partial charge < -0.3 is 20.1 Å². The van der Waals surface area contributed by atoms with Crippen molar-refractivity contribution in [1.29, 1.82) is 0 Å². The molecule has 8 heteroatoms. The molecule has 2 aromatic rings. The topological polar surface area (TPSA) is 79.9 Å². The van der Waals surface area contributed by atoms with Crippen LogP contribution in [-0.2, 0) is 9.59 Å². The molecule has 2 amide bonds. The van der Waals surface area contributed by atoms with E-state index in [4.69, 9.17) is 21.1 Å². The van der Waals surface area contributed by atoms with Crippen LogP contribution < -0.4 is 20.1 Å². The van der Waals surface area contributed by atoms with Crippen molar-refractivity contribution in [2.75, 3.05) is 37.9 Å². The molecular formula is C21H24ClN3O4. The molecule has 1 heterocycles. The molecule has 1 fully saturated rings. The second kappa shape index (κ2) is 9.62. The van der Waals surface area contributed by atoms with Crippen LogP contribution in [0.15, 0.2) is 42.5 Å². The number of anilines is 2. The van der Waals surface area contributed by atoms with Crippen molar-refractivity contribution < 1.29 is 19.1 Å². The summed E-state index contributed by atoms with van der Waals surface area (Å²) in [5.41, 5.74) is 1.19. The van der Waals surface area contributed by atoms with Gasteiger partial charge in [0.15, 0.2) is 0 Å². The van der Waals surface area contributed by atoms with Crippen LogP contribution in [0.4, 0.5) is 11.4 Å². The Labute approximate surface area is 174 Å². The lowest BCUT2D eigenvalue weighted by Crippen LogP contribution is -2.43. The Morgan fingerprint density at radius 2 is 1.86 bits per heavy atom. The molecule has 7 nitrogen and oxygen atoms in total. The Balaban J connectivity index is 1.60. The summed E-state index contributed by atoms with van der Waals surface area (Å²) in [6.45, 7) is 0.789. The molecule has 0 spiro atoms. The molecule has 0 aliphatic carbocycles. The normalized spacial score (nSPS) is 16.3. The highest BCUT2D eigenvalue weighted by Gasteiger charge is 2.32. The van der Waals surface area contributed by atoms with Crippen molar-refractivity contribution in [3.8, 4) is 11.5 Å². The van der Waals surface area contributed by atoms with E-state index in [-0.39, 0.29) is 24.4 Å². The maximum Gasteiger partial charge on any atom is 0.241 e. The Hall–Kier alpha value is -2.77. The molecule has 3 rings (SSSR count). The molecule has 1 unspecified atom stereocenters. The van der Waals surface area contributed by atoms with Crippen molar-refractivity contribution >= 4 is 34.8 Å². The SMILES string of the molecule is COc1ccc(NC(=O)C2CCCN2CC(=O)Nc2cc(Cl)ccc2OC)cc1. The van der Waals surface area contributed by atoms with Gasteiger partial charge in [0.2, 0.25) is 11.8 Å². The number of rotatable bonds is 7. The summed E-state index contributed by atoms with van der Waals surface area (Å²) in [6, 6.07) is 11.8. The number of ether oxygens (including phenoxy) is 2. The van der Waals surface area contributed by atoms with Crippen LogP contribution in [-0.4, -0.2) is 50.1 Å². The first kappa shape index (κ1) is 21.0. The van der Waals surface area contributed by atoms with E-state index in [9.17, 15) is 9.59 Å². The molecule has 0 bridgehead atoms. The van der Waals surface area contributed by atoms with Gasteiger partial charge in [-0.15, -0.1) is 0 Å². The maximum absolute atomic E-state index is 12.7. The lowest BCUT2D eigenvalue weighted by atomic mass is 10.2. The predicted molar refractivity (Wildman–Crippen MR) is 113 cm³/mol. The minimum absolute atomic E-state index is 0.108. The Morgan fingerprint density at radius 1 is 1.10 bits per heavy atom. The fourth-order valence-electron chi connectivity index (χ4n) is 3.36. The summed E-state index contributed by atoms with van der Waals surface area (Å²) < 4.78 is 10.4. The molecule has 1 saturated heterocycles. The Kier molecular flexibility index (Phi) is 6.95. The number of carbonyl (C=O) groups excluding carboxylic acids is 2. The number of halogens is 1. The number of benzene rings is 2. The fourth-order valence-corrected chi connectivity index (χ4v) is 3.54. The molecule has 0 saturated carbocycles. The van der Waals surface area contributed by atoms with Gasteiger partial charge in [0.1, 0.15) is 11.5 Å². The van der Waals surface area contributed by atoms with Gasteiger partial charge in [0.25, 0.3) is 0 Å². The van der Waals surface area contributed by atoms with Gasteiger partial charge in [-0.1, -0.05) is 11.6 Å². The minimum Gasteiger partial charge on any atom is -0.497 e. The van der Waals surface area contributed by atoms with E-state index in [1.807, 2.05) is 4.90 Å². The van der Waals surface area contributed by atoms with Crippen LogP contribution in [0.1, 0.15) is 12.8 Å². The average Bonchev–Trinajstić information content (AvgIpc) is 3.17. The van der Waals surface area contributed by atoms with Crippen molar-refractivity contribution in [2.45, 2.75) is 18.9 Å². The fraction of sp³-hybridized carbons (Fsp3) is 0.333. The van der Waals surface area contributed by atoms with E-state index in [1.54, 1.807) is 49.6 Å². The summed E-state index contributed by atoms with van der Waals surface area (Å²) in [5.74, 6) is 0.895. The minimum atomic E-state index is -0.357. The zero-order chi connectivity index (χ0) is 20.8. The molecule has 2 N–H and O–H groups in total. The Bertz CT molecular complexity index is 873. The van der Waals surface area contributed by atoms with Gasteiger partial charge in [-0.2, -0.15) is 0 Å². The standard InChI is InChI=1S/C21H24ClN3O4/c1-28-16-8-6-15(7-9-16)23-21(27)18-4-3-11-25(18)13-20(26)24-17-12-14(22)5-10-19(17)29-2/h5-10,12,18H,3-4,11,13H2,1-2H3,(H,23,27)(H,24,26). The number of methoxy groups -OCH3 is 2. The van der Waals surface area contributed by atoms with E-state index >= 15 is 0 Å². The van der Waals surface area contributed by atoms with Crippen molar-refractivity contribution in [3.05, 3.63) is 47.5 Å². The largest absolute Gasteiger partial charge is 0.497 e. The first-order valence-corrected chi connectivity index (χ1v) is 9.70. The Morgan fingerprint density at radius 3 is 2.55 bits per heavy atom. The van der Waals surface area contributed by atoms with E-state index in [2.05, 4.69) is 10.6 Å². The highest BCUT2D eigenvalue weighted by Crippen LogP contribution is 2.28. The molecule has 154 valence electrons. The first-order valence-electron chi connectivity index (χ1n) is 9.32. The molecule has 0 aromatic heterocycles. The third kappa shape index (κ3) is 5.40. The lowest BCUT2D eigenvalue weighted by Gasteiger charge is -2.23. The molecule has 1 atom stereocenters. The zero-order valence-electron chi connectivity index (χ0n) is 16.4. The van der Waals surface area contributed by atoms with Crippen LogP contribution in [0.25, 0.3) is 0 Å². The number of nitrogens with one attached hydrogen (secondary N) is 2. The molecule has 1 aliphatic rings. The van der Waals surface area contributed by atoms with Crippen molar-refractivity contribution in [2.24, 2.45) is 0 Å². The first-order chi connectivity index (χ1) is 14.0. The number of carbonyl (C=O) groups is 2. The van der Waals surface area contributed by atoms with Crippen LogP contribution in [0.3, 0.4) is 0 Å². The molecule has 1 aliphatic heterocycles. The van der Waals surface area contributed by atoms with Crippen LogP contribution in [0.2, 0.25) is 5.02 Å². The van der Waals surface area contributed by atoms with Gasteiger partial charge in [-0.3, -0.25) is 14.5 Å². The third-order valence-corrected chi connectivity index (χ3v) is 5.04. The summed E-state index contributed by atoms with van der Waals surface area (Å²) in [5, 5.41) is 6.22. The average molecular weight is 418 g/mol. The molecule has 0 radical (unpaired) electrons. The van der Waals surface area contributed by atoms with Gasteiger partial charge in [-0.05, 0) is 61.9 Å². The molecular weight excluding hydrogens is 394 g/mol. The number of likely N-dealkylation sites (tertiary alicyclic amines) is 1. The van der Waals surface area contributed by atoms with E-state index < -0.39 is 0 Å². The summed E-state index contributed by atoms with van der Waals surface area (Å²) in [6.07, 6.45) is 1.56. The van der Waals surface area contributed by atoms with Crippen molar-refractivity contribution in [3.63, 3.8) is 0 Å². The lowest BCUT2D eigenvalue weighted by molar-refractivity contribution is -0.122. The number of hydrogen-bond donors (Lipinski definition) is 2. The van der Waals surface area contributed by atoms with Crippen LogP contribution in [0.5, 0.6) is 11.5 Å². The second-order valence-corrected chi connectivity index (χ2v) is 7.18. The van der Waals surface area contributed by atoms with Crippen LogP contribution >= 0.6 is 11.6 Å². The van der Waals surface area contributed by atoms with Gasteiger partial charge in [0, 0.05) is 10.7 Å². The van der Waals surface area contributed by atoms with Crippen LogP contribution in [0, 0.1) is 0 Å². The van der Waals surface area contributed by atoms with Gasteiger partial charge >= 0.3 is 0 Å². The van der Waals surface area contributed by atoms with E-state index in [0.29, 0.717) is 35.1 Å². The summed E-state index contributed by atoms with van der Waals surface area (Å²) >= 11 is 6.01. The van der Waals surface area contributed by atoms with Gasteiger partial charge in [0.05, 0.1) is 32.5 Å². The quantitative estimate of drug-likeness (QED) is 0.721. The zero-order valence-corrected chi connectivity index (χ0v) is 17.2. The van der Waals surface area contributed by atoms with Crippen molar-refractivity contribution in [1.82, 2.24) is 4.90 Å². The summed E-state index contributed by atoms with van der Waals surface area (Å²) in [4.78, 5) is 27.1. The highest BCUT2D eigenvalue weighted by molar-refractivity contribution is 6.31. The number of amides is 2. The smallest absolute Gasteiger partial charge is 0.241 e. The maximum atomic E-state index is 12.7. The second-order valence-electron chi connectivity index (χ2n) is 6.74. The highest BCUT2D eigenvalue weighted by atomic mass is 35.5. The summed E-state index contributed by atoms with van der Waals surface area (Å²) in [7, 11) is 3.12. The monoisotopic (exact) mass is 417 g/mol. The predicted octanol–water partition coefficient (Wildman–Crippen LogP) is 3.40. The number of hydrogen-bond acceptors (Lipinski definition) is 5. The number of nitrogens with zero attached hydrogens (tertiary/aromatic N) is 1. The van der Waals surface area contributed by atoms with E-state index in [0.717, 1.165) is 12.2 Å².